The van der Waals surface area contributed by atoms with E-state index < -0.39 is 24.1 Å². The molecule has 0 saturated carbocycles. The number of hydrogen-bond donors (Lipinski definition) is 3. The standard InChI is InChI=1S/C6H9NO6/c1-2-13-6(12)7-3(4(8)9)5(10)11/h3H,2H2,1H3,(H,7,12)(H,8,9)(H,10,11). The van der Waals surface area contributed by atoms with Crippen LogP contribution in [0.5, 0.6) is 0 Å². The molecule has 3 N–H and O–H groups in total. The average Bonchev–Trinajstić information content (AvgIpc) is 1.99. The first-order chi connectivity index (χ1) is 5.99. The van der Waals surface area contributed by atoms with Crippen LogP contribution in [0.3, 0.4) is 0 Å². The highest BCUT2D eigenvalue weighted by Crippen LogP contribution is 1.86. The summed E-state index contributed by atoms with van der Waals surface area (Å²) in [6, 6.07) is -1.97. The van der Waals surface area contributed by atoms with E-state index in [0.717, 1.165) is 0 Å². The summed E-state index contributed by atoms with van der Waals surface area (Å²) in [6.07, 6.45) is -1.07. The van der Waals surface area contributed by atoms with Crippen LogP contribution in [0.15, 0.2) is 0 Å². The number of aliphatic carboxylic acids is 2. The molecular formula is C6H9NO6. The first-order valence-corrected chi connectivity index (χ1v) is 3.38. The van der Waals surface area contributed by atoms with Gasteiger partial charge in [-0.2, -0.15) is 0 Å². The lowest BCUT2D eigenvalue weighted by molar-refractivity contribution is -0.150. The molecule has 0 aromatic carbocycles. The summed E-state index contributed by atoms with van der Waals surface area (Å²) < 4.78 is 4.30. The van der Waals surface area contributed by atoms with E-state index in [1.165, 1.54) is 6.92 Å². The van der Waals surface area contributed by atoms with Crippen LogP contribution in [0.25, 0.3) is 0 Å². The molecule has 74 valence electrons. The normalized spacial score (nSPS) is 9.38. The number of carbonyl (C=O) groups is 3. The van der Waals surface area contributed by atoms with E-state index in [0.29, 0.717) is 0 Å². The minimum absolute atomic E-state index is 0.0395. The van der Waals surface area contributed by atoms with Crippen LogP contribution in [-0.4, -0.2) is 40.9 Å². The third-order valence-electron chi connectivity index (χ3n) is 1.03. The molecule has 0 aromatic rings. The molecule has 0 aromatic heterocycles. The van der Waals surface area contributed by atoms with Gasteiger partial charge in [-0.25, -0.2) is 14.4 Å². The number of carboxylic acid groups (broad SMARTS) is 2. The van der Waals surface area contributed by atoms with E-state index >= 15 is 0 Å². The molecule has 1 amide bonds. The van der Waals surface area contributed by atoms with E-state index in [1.807, 2.05) is 0 Å². The zero-order chi connectivity index (χ0) is 10.4. The van der Waals surface area contributed by atoms with E-state index in [4.69, 9.17) is 10.2 Å². The Kier molecular flexibility index (Phi) is 4.28. The molecule has 0 fully saturated rings. The summed E-state index contributed by atoms with van der Waals surface area (Å²) in [7, 11) is 0. The Bertz CT molecular complexity index is 211. The van der Waals surface area contributed by atoms with E-state index in [2.05, 4.69) is 4.74 Å². The lowest BCUT2D eigenvalue weighted by atomic mass is 10.3. The molecule has 0 atom stereocenters. The van der Waals surface area contributed by atoms with Gasteiger partial charge in [0.05, 0.1) is 6.61 Å². The van der Waals surface area contributed by atoms with Crippen LogP contribution in [0.4, 0.5) is 4.79 Å². The fraction of sp³-hybridized carbons (Fsp3) is 0.500. The van der Waals surface area contributed by atoms with E-state index in [9.17, 15) is 14.4 Å². The first kappa shape index (κ1) is 11.2. The number of nitrogens with one attached hydrogen (secondary N) is 1. The molecule has 0 spiro atoms. The minimum Gasteiger partial charge on any atom is -0.479 e. The summed E-state index contributed by atoms with van der Waals surface area (Å²) >= 11 is 0. The van der Waals surface area contributed by atoms with E-state index in [-0.39, 0.29) is 6.61 Å². The fourth-order valence-corrected chi connectivity index (χ4v) is 0.520. The second-order valence-corrected chi connectivity index (χ2v) is 1.97. The Hall–Kier alpha value is -1.79. The van der Waals surface area contributed by atoms with Gasteiger partial charge in [0, 0.05) is 0 Å². The van der Waals surface area contributed by atoms with Crippen molar-refractivity contribution in [3.8, 4) is 0 Å². The molecule has 0 aliphatic heterocycles. The number of ether oxygens (including phenoxy) is 1. The van der Waals surface area contributed by atoms with Crippen LogP contribution < -0.4 is 5.32 Å². The maximum atomic E-state index is 10.6. The molecule has 0 bridgehead atoms. The fourth-order valence-electron chi connectivity index (χ4n) is 0.520. The Labute approximate surface area is 73.3 Å². The van der Waals surface area contributed by atoms with Crippen LogP contribution >= 0.6 is 0 Å². The maximum absolute atomic E-state index is 10.6. The van der Waals surface area contributed by atoms with Gasteiger partial charge >= 0.3 is 18.0 Å². The second kappa shape index (κ2) is 4.96. The largest absolute Gasteiger partial charge is 0.479 e. The van der Waals surface area contributed by atoms with Crippen molar-refractivity contribution in [3.63, 3.8) is 0 Å². The average molecular weight is 191 g/mol. The monoisotopic (exact) mass is 191 g/mol. The predicted octanol–water partition coefficient (Wildman–Crippen LogP) is -0.730. The van der Waals surface area contributed by atoms with Crippen molar-refractivity contribution in [1.29, 1.82) is 0 Å². The summed E-state index contributed by atoms with van der Waals surface area (Å²) in [5.74, 6) is -3.30. The first-order valence-electron chi connectivity index (χ1n) is 3.38. The summed E-state index contributed by atoms with van der Waals surface area (Å²) in [6.45, 7) is 1.55. The van der Waals surface area contributed by atoms with Crippen molar-refractivity contribution in [2.75, 3.05) is 6.61 Å². The van der Waals surface area contributed by atoms with Gasteiger partial charge in [0.1, 0.15) is 0 Å². The highest BCUT2D eigenvalue weighted by molar-refractivity contribution is 5.99. The molecule has 13 heavy (non-hydrogen) atoms. The highest BCUT2D eigenvalue weighted by atomic mass is 16.5. The third kappa shape index (κ3) is 3.94. The Morgan fingerprint density at radius 1 is 1.31 bits per heavy atom. The molecule has 0 heterocycles. The number of rotatable bonds is 4. The maximum Gasteiger partial charge on any atom is 0.408 e. The van der Waals surface area contributed by atoms with Gasteiger partial charge in [-0.05, 0) is 6.92 Å². The zero-order valence-corrected chi connectivity index (χ0v) is 6.81. The Balaban J connectivity index is 4.19. The lowest BCUT2D eigenvalue weighted by Gasteiger charge is -2.08. The predicted molar refractivity (Wildman–Crippen MR) is 39.2 cm³/mol. The SMILES string of the molecule is CCOC(=O)NC(C(=O)O)C(=O)O. The second-order valence-electron chi connectivity index (χ2n) is 1.97. The molecule has 0 saturated heterocycles. The smallest absolute Gasteiger partial charge is 0.408 e. The van der Waals surface area contributed by atoms with Crippen molar-refractivity contribution in [2.24, 2.45) is 0 Å². The van der Waals surface area contributed by atoms with Gasteiger partial charge in [0.2, 0.25) is 6.04 Å². The molecule has 0 rings (SSSR count). The molecule has 0 radical (unpaired) electrons. The summed E-state index contributed by atoms with van der Waals surface area (Å²) in [5.41, 5.74) is 0. The molecule has 0 aliphatic carbocycles. The Morgan fingerprint density at radius 2 is 1.77 bits per heavy atom. The van der Waals surface area contributed by atoms with Crippen LogP contribution in [0.2, 0.25) is 0 Å². The van der Waals surface area contributed by atoms with Crippen LogP contribution in [0.1, 0.15) is 6.92 Å². The van der Waals surface area contributed by atoms with Gasteiger partial charge in [-0.15, -0.1) is 0 Å². The minimum atomic E-state index is -1.97. The van der Waals surface area contributed by atoms with Crippen LogP contribution in [-0.2, 0) is 14.3 Å². The van der Waals surface area contributed by atoms with Gasteiger partial charge in [-0.1, -0.05) is 0 Å². The van der Waals surface area contributed by atoms with Crippen molar-refractivity contribution >= 4 is 18.0 Å². The Morgan fingerprint density at radius 3 is 2.08 bits per heavy atom. The van der Waals surface area contributed by atoms with Gasteiger partial charge in [0.15, 0.2) is 0 Å². The summed E-state index contributed by atoms with van der Waals surface area (Å²) in [5, 5.41) is 18.3. The summed E-state index contributed by atoms with van der Waals surface area (Å²) in [4.78, 5) is 31.1. The number of alkyl carbamates (subject to hydrolysis) is 1. The molecule has 7 heteroatoms. The number of amides is 1. The van der Waals surface area contributed by atoms with Crippen molar-refractivity contribution < 1.29 is 29.3 Å². The zero-order valence-electron chi connectivity index (χ0n) is 6.81. The van der Waals surface area contributed by atoms with Gasteiger partial charge in [-0.3, -0.25) is 5.32 Å². The lowest BCUT2D eigenvalue weighted by Crippen LogP contribution is -2.46. The quantitative estimate of drug-likeness (QED) is 0.505. The van der Waals surface area contributed by atoms with Gasteiger partial charge < -0.3 is 14.9 Å². The highest BCUT2D eigenvalue weighted by Gasteiger charge is 2.27. The molecule has 0 aliphatic rings. The molecular weight excluding hydrogens is 182 g/mol. The van der Waals surface area contributed by atoms with E-state index in [1.54, 1.807) is 5.32 Å². The third-order valence-corrected chi connectivity index (χ3v) is 1.03. The number of hydrogen-bond acceptors (Lipinski definition) is 4. The van der Waals surface area contributed by atoms with Crippen molar-refractivity contribution in [3.05, 3.63) is 0 Å². The number of carbonyl (C=O) groups excluding carboxylic acids is 1. The molecule has 7 nitrogen and oxygen atoms in total. The number of carboxylic acids is 2. The van der Waals surface area contributed by atoms with Crippen molar-refractivity contribution in [1.82, 2.24) is 5.32 Å². The van der Waals surface area contributed by atoms with Crippen molar-refractivity contribution in [2.45, 2.75) is 13.0 Å². The topological polar surface area (TPSA) is 113 Å². The van der Waals surface area contributed by atoms with Gasteiger partial charge in [0.25, 0.3) is 0 Å². The molecule has 0 unspecified atom stereocenters. The van der Waals surface area contributed by atoms with Crippen LogP contribution in [0, 0.1) is 0 Å².